The van der Waals surface area contributed by atoms with E-state index < -0.39 is 0 Å². The van der Waals surface area contributed by atoms with Crippen molar-refractivity contribution < 1.29 is 14.3 Å². The molecule has 0 radical (unpaired) electrons. The quantitative estimate of drug-likeness (QED) is 0.625. The van der Waals surface area contributed by atoms with Gasteiger partial charge in [-0.1, -0.05) is 26.7 Å². The SMILES string of the molecule is COC(=O)Cc1ccc(C(=O)C2CCCCC2(C)C)s1. The third kappa shape index (κ3) is 3.29. The molecule has 1 aliphatic carbocycles. The van der Waals surface area contributed by atoms with Crippen LogP contribution in [0.15, 0.2) is 12.1 Å². The lowest BCUT2D eigenvalue weighted by molar-refractivity contribution is -0.139. The van der Waals surface area contributed by atoms with Crippen LogP contribution in [-0.2, 0) is 16.0 Å². The summed E-state index contributed by atoms with van der Waals surface area (Å²) in [5.41, 5.74) is 0.0852. The van der Waals surface area contributed by atoms with E-state index in [1.807, 2.05) is 12.1 Å². The Labute approximate surface area is 124 Å². The Hall–Kier alpha value is -1.16. The molecule has 4 heteroatoms. The molecule has 1 saturated carbocycles. The molecule has 1 aromatic heterocycles. The minimum absolute atomic E-state index is 0.0852. The topological polar surface area (TPSA) is 43.4 Å². The second-order valence-corrected chi connectivity index (χ2v) is 7.34. The molecule has 3 nitrogen and oxygen atoms in total. The number of carbonyl (C=O) groups is 2. The highest BCUT2D eigenvalue weighted by atomic mass is 32.1. The number of carbonyl (C=O) groups excluding carboxylic acids is 2. The van der Waals surface area contributed by atoms with Crippen molar-refractivity contribution in [1.29, 1.82) is 0 Å². The van der Waals surface area contributed by atoms with Crippen LogP contribution in [0, 0.1) is 11.3 Å². The summed E-state index contributed by atoms with van der Waals surface area (Å²) in [6.07, 6.45) is 4.71. The van der Waals surface area contributed by atoms with Gasteiger partial charge in [0.25, 0.3) is 0 Å². The van der Waals surface area contributed by atoms with Crippen molar-refractivity contribution in [2.24, 2.45) is 11.3 Å². The molecule has 0 aliphatic heterocycles. The zero-order valence-electron chi connectivity index (χ0n) is 12.4. The lowest BCUT2D eigenvalue weighted by atomic mass is 9.67. The zero-order chi connectivity index (χ0) is 14.8. The van der Waals surface area contributed by atoms with E-state index in [-0.39, 0.29) is 29.5 Å². The van der Waals surface area contributed by atoms with Gasteiger partial charge in [0.05, 0.1) is 18.4 Å². The van der Waals surface area contributed by atoms with Crippen LogP contribution in [0.4, 0.5) is 0 Å². The lowest BCUT2D eigenvalue weighted by Gasteiger charge is -2.37. The standard InChI is InChI=1S/C16H22O3S/c1-16(2)9-5-4-6-12(16)15(18)13-8-7-11(20-13)10-14(17)19-3/h7-8,12H,4-6,9-10H2,1-3H3. The fraction of sp³-hybridized carbons (Fsp3) is 0.625. The Morgan fingerprint density at radius 2 is 2.10 bits per heavy atom. The average molecular weight is 294 g/mol. The van der Waals surface area contributed by atoms with Crippen molar-refractivity contribution in [3.8, 4) is 0 Å². The summed E-state index contributed by atoms with van der Waals surface area (Å²) >= 11 is 1.43. The van der Waals surface area contributed by atoms with Gasteiger partial charge in [0.2, 0.25) is 0 Å². The molecular weight excluding hydrogens is 272 g/mol. The van der Waals surface area contributed by atoms with Crippen LogP contribution in [0.5, 0.6) is 0 Å². The molecule has 0 amide bonds. The van der Waals surface area contributed by atoms with Crippen molar-refractivity contribution in [2.75, 3.05) is 7.11 Å². The predicted octanol–water partition coefficient (Wildman–Crippen LogP) is 3.86. The Bertz CT molecular complexity index is 502. The van der Waals surface area contributed by atoms with Gasteiger partial charge in [-0.05, 0) is 30.4 Å². The van der Waals surface area contributed by atoms with Crippen LogP contribution in [0.2, 0.25) is 0 Å². The number of rotatable bonds is 4. The maximum atomic E-state index is 12.7. The van der Waals surface area contributed by atoms with Gasteiger partial charge in [-0.25, -0.2) is 0 Å². The van der Waals surface area contributed by atoms with Crippen LogP contribution in [-0.4, -0.2) is 18.9 Å². The number of Topliss-reactive ketones (excluding diaryl/α,β-unsaturated/α-hetero) is 1. The molecular formula is C16H22O3S. The third-order valence-corrected chi connectivity index (χ3v) is 5.37. The first-order valence-corrected chi connectivity index (χ1v) is 7.95. The predicted molar refractivity (Wildman–Crippen MR) is 80.1 cm³/mol. The van der Waals surface area contributed by atoms with Crippen LogP contribution in [0.25, 0.3) is 0 Å². The Balaban J connectivity index is 2.11. The van der Waals surface area contributed by atoms with Crippen LogP contribution in [0.1, 0.15) is 54.1 Å². The molecule has 0 saturated heterocycles. The van der Waals surface area contributed by atoms with Crippen LogP contribution >= 0.6 is 11.3 Å². The second kappa shape index (κ2) is 6.08. The summed E-state index contributed by atoms with van der Waals surface area (Å²) in [4.78, 5) is 25.6. The molecule has 1 fully saturated rings. The number of thiophene rings is 1. The number of ketones is 1. The van der Waals surface area contributed by atoms with Crippen molar-refractivity contribution >= 4 is 23.1 Å². The van der Waals surface area contributed by atoms with Gasteiger partial charge in [-0.2, -0.15) is 0 Å². The Morgan fingerprint density at radius 3 is 2.75 bits per heavy atom. The van der Waals surface area contributed by atoms with E-state index in [2.05, 4.69) is 18.6 Å². The molecule has 0 spiro atoms. The normalized spacial score (nSPS) is 21.4. The van der Waals surface area contributed by atoms with E-state index in [1.54, 1.807) is 0 Å². The highest BCUT2D eigenvalue weighted by molar-refractivity contribution is 7.14. The summed E-state index contributed by atoms with van der Waals surface area (Å²) < 4.78 is 4.66. The molecule has 1 unspecified atom stereocenters. The average Bonchev–Trinajstić information content (AvgIpc) is 2.86. The molecule has 0 N–H and O–H groups in total. The lowest BCUT2D eigenvalue weighted by Crippen LogP contribution is -2.33. The molecule has 1 aromatic rings. The third-order valence-electron chi connectivity index (χ3n) is 4.27. The molecule has 0 bridgehead atoms. The highest BCUT2D eigenvalue weighted by Gasteiger charge is 2.37. The maximum absolute atomic E-state index is 12.7. The van der Waals surface area contributed by atoms with E-state index in [9.17, 15) is 9.59 Å². The molecule has 20 heavy (non-hydrogen) atoms. The van der Waals surface area contributed by atoms with Gasteiger partial charge in [-0.15, -0.1) is 11.3 Å². The highest BCUT2D eigenvalue weighted by Crippen LogP contribution is 2.42. The van der Waals surface area contributed by atoms with Crippen molar-refractivity contribution in [1.82, 2.24) is 0 Å². The van der Waals surface area contributed by atoms with Crippen molar-refractivity contribution in [3.63, 3.8) is 0 Å². The molecule has 0 aromatic carbocycles. The smallest absolute Gasteiger partial charge is 0.310 e. The maximum Gasteiger partial charge on any atom is 0.310 e. The minimum atomic E-state index is -0.260. The number of ether oxygens (including phenoxy) is 1. The first-order chi connectivity index (χ1) is 9.44. The molecule has 1 heterocycles. The van der Waals surface area contributed by atoms with E-state index in [4.69, 9.17) is 0 Å². The van der Waals surface area contributed by atoms with E-state index >= 15 is 0 Å². The summed E-state index contributed by atoms with van der Waals surface area (Å²) in [6.45, 7) is 4.38. The summed E-state index contributed by atoms with van der Waals surface area (Å²) in [6, 6.07) is 3.72. The van der Waals surface area contributed by atoms with Crippen LogP contribution in [0.3, 0.4) is 0 Å². The van der Waals surface area contributed by atoms with Gasteiger partial charge in [0.1, 0.15) is 0 Å². The molecule has 1 atom stereocenters. The van der Waals surface area contributed by atoms with E-state index in [1.165, 1.54) is 24.9 Å². The van der Waals surface area contributed by atoms with Gasteiger partial charge >= 0.3 is 5.97 Å². The fourth-order valence-electron chi connectivity index (χ4n) is 2.97. The van der Waals surface area contributed by atoms with Crippen LogP contribution < -0.4 is 0 Å². The summed E-state index contributed by atoms with van der Waals surface area (Å²) in [5, 5.41) is 0. The number of hydrogen-bond donors (Lipinski definition) is 0. The largest absolute Gasteiger partial charge is 0.469 e. The van der Waals surface area contributed by atoms with Gasteiger partial charge in [0, 0.05) is 10.8 Å². The first kappa shape index (κ1) is 15.2. The Morgan fingerprint density at radius 1 is 1.35 bits per heavy atom. The number of esters is 1. The number of methoxy groups -OCH3 is 1. The number of hydrogen-bond acceptors (Lipinski definition) is 4. The fourth-order valence-corrected chi connectivity index (χ4v) is 3.96. The molecule has 2 rings (SSSR count). The van der Waals surface area contributed by atoms with Crippen molar-refractivity contribution in [3.05, 3.63) is 21.9 Å². The Kier molecular flexibility index (Phi) is 4.63. The van der Waals surface area contributed by atoms with Crippen molar-refractivity contribution in [2.45, 2.75) is 46.0 Å². The summed E-state index contributed by atoms with van der Waals surface area (Å²) in [7, 11) is 1.38. The first-order valence-electron chi connectivity index (χ1n) is 7.14. The zero-order valence-corrected chi connectivity index (χ0v) is 13.2. The van der Waals surface area contributed by atoms with Gasteiger partial charge < -0.3 is 4.74 Å². The molecule has 110 valence electrons. The monoisotopic (exact) mass is 294 g/mol. The summed E-state index contributed by atoms with van der Waals surface area (Å²) in [5.74, 6) is 0.0977. The van der Waals surface area contributed by atoms with E-state index in [0.717, 1.165) is 29.0 Å². The second-order valence-electron chi connectivity index (χ2n) is 6.17. The minimum Gasteiger partial charge on any atom is -0.469 e. The molecule has 1 aliphatic rings. The van der Waals surface area contributed by atoms with E-state index in [0.29, 0.717) is 0 Å². The van der Waals surface area contributed by atoms with Gasteiger partial charge in [0.15, 0.2) is 5.78 Å². The van der Waals surface area contributed by atoms with Gasteiger partial charge in [-0.3, -0.25) is 9.59 Å².